The van der Waals surface area contributed by atoms with Crippen molar-refractivity contribution in [2.24, 2.45) is 0 Å². The van der Waals surface area contributed by atoms with Crippen molar-refractivity contribution in [1.29, 1.82) is 0 Å². The molecule has 114 valence electrons. The van der Waals surface area contributed by atoms with Gasteiger partial charge < -0.3 is 9.31 Å². The number of halogens is 1. The zero-order chi connectivity index (χ0) is 16.0. The minimum atomic E-state index is -0.382. The van der Waals surface area contributed by atoms with Crippen LogP contribution in [-0.2, 0) is 9.31 Å². The van der Waals surface area contributed by atoms with Crippen LogP contribution in [0, 0.1) is 0 Å². The first kappa shape index (κ1) is 15.6. The number of hydrogen-bond donors (Lipinski definition) is 0. The van der Waals surface area contributed by atoms with Crippen LogP contribution in [-0.4, -0.2) is 18.3 Å². The lowest BCUT2D eigenvalue weighted by Crippen LogP contribution is -2.41. The molecule has 1 saturated heterocycles. The van der Waals surface area contributed by atoms with Gasteiger partial charge >= 0.3 is 7.12 Å². The Morgan fingerprint density at radius 3 is 2.00 bits per heavy atom. The monoisotopic (exact) mass is 314 g/mol. The molecule has 1 fully saturated rings. The average Bonchev–Trinajstić information content (AvgIpc) is 2.68. The smallest absolute Gasteiger partial charge is 0.399 e. The molecule has 0 unspecified atom stereocenters. The summed E-state index contributed by atoms with van der Waals surface area (Å²) in [5, 5.41) is 0.707. The Balaban J connectivity index is 1.91. The van der Waals surface area contributed by atoms with Crippen molar-refractivity contribution in [2.75, 3.05) is 0 Å². The van der Waals surface area contributed by atoms with Crippen molar-refractivity contribution in [2.45, 2.75) is 38.9 Å². The zero-order valence-electron chi connectivity index (χ0n) is 13.4. The Hall–Kier alpha value is -1.29. The van der Waals surface area contributed by atoms with E-state index in [-0.39, 0.29) is 18.3 Å². The van der Waals surface area contributed by atoms with E-state index in [2.05, 4.69) is 12.1 Å². The van der Waals surface area contributed by atoms with Gasteiger partial charge in [-0.3, -0.25) is 0 Å². The molecule has 0 aliphatic carbocycles. The summed E-state index contributed by atoms with van der Waals surface area (Å²) < 4.78 is 12.1. The molecule has 4 heteroatoms. The number of hydrogen-bond acceptors (Lipinski definition) is 2. The van der Waals surface area contributed by atoms with E-state index in [9.17, 15) is 0 Å². The summed E-state index contributed by atoms with van der Waals surface area (Å²) in [6.07, 6.45) is 0. The normalized spacial score (nSPS) is 19.4. The van der Waals surface area contributed by atoms with Gasteiger partial charge in [0.2, 0.25) is 0 Å². The highest BCUT2D eigenvalue weighted by molar-refractivity contribution is 6.62. The van der Waals surface area contributed by atoms with E-state index in [4.69, 9.17) is 20.9 Å². The first-order valence-corrected chi connectivity index (χ1v) is 7.88. The topological polar surface area (TPSA) is 18.5 Å². The maximum absolute atomic E-state index is 6.47. The summed E-state index contributed by atoms with van der Waals surface area (Å²) in [7, 11) is -0.382. The molecule has 2 aromatic rings. The highest BCUT2D eigenvalue weighted by atomic mass is 35.5. The summed E-state index contributed by atoms with van der Waals surface area (Å²) in [4.78, 5) is 0. The molecule has 0 bridgehead atoms. The van der Waals surface area contributed by atoms with Crippen molar-refractivity contribution in [3.8, 4) is 11.1 Å². The maximum Gasteiger partial charge on any atom is 0.494 e. The quantitative estimate of drug-likeness (QED) is 0.769. The second-order valence-electron chi connectivity index (χ2n) is 6.69. The lowest BCUT2D eigenvalue weighted by atomic mass is 9.78. The molecule has 22 heavy (non-hydrogen) atoms. The fourth-order valence-electron chi connectivity index (χ4n) is 2.51. The van der Waals surface area contributed by atoms with Crippen LogP contribution in [0.2, 0.25) is 5.02 Å². The van der Waals surface area contributed by atoms with E-state index in [1.807, 2.05) is 64.1 Å². The van der Waals surface area contributed by atoms with E-state index in [0.717, 1.165) is 16.6 Å². The van der Waals surface area contributed by atoms with Crippen LogP contribution in [0.3, 0.4) is 0 Å². The Labute approximate surface area is 137 Å². The van der Waals surface area contributed by atoms with Crippen molar-refractivity contribution in [3.05, 3.63) is 53.6 Å². The van der Waals surface area contributed by atoms with Gasteiger partial charge in [-0.15, -0.1) is 0 Å². The van der Waals surface area contributed by atoms with Gasteiger partial charge in [-0.05, 0) is 44.8 Å². The molecule has 0 amide bonds. The van der Waals surface area contributed by atoms with Crippen LogP contribution in [0.5, 0.6) is 0 Å². The van der Waals surface area contributed by atoms with E-state index >= 15 is 0 Å². The Morgan fingerprint density at radius 1 is 0.864 bits per heavy atom. The van der Waals surface area contributed by atoms with E-state index in [1.165, 1.54) is 0 Å². The van der Waals surface area contributed by atoms with Gasteiger partial charge in [-0.2, -0.15) is 0 Å². The third-order valence-electron chi connectivity index (χ3n) is 4.60. The lowest BCUT2D eigenvalue weighted by molar-refractivity contribution is 0.00578. The molecule has 0 radical (unpaired) electrons. The van der Waals surface area contributed by atoms with Crippen molar-refractivity contribution in [3.63, 3.8) is 0 Å². The Kier molecular flexibility index (Phi) is 3.84. The van der Waals surface area contributed by atoms with Crippen LogP contribution in [0.1, 0.15) is 27.7 Å². The molecular weight excluding hydrogens is 294 g/mol. The van der Waals surface area contributed by atoms with Gasteiger partial charge in [0.1, 0.15) is 0 Å². The van der Waals surface area contributed by atoms with E-state index in [1.54, 1.807) is 0 Å². The minimum Gasteiger partial charge on any atom is -0.399 e. The first-order chi connectivity index (χ1) is 10.3. The van der Waals surface area contributed by atoms with Crippen molar-refractivity contribution < 1.29 is 9.31 Å². The summed E-state index contributed by atoms with van der Waals surface area (Å²) in [6.45, 7) is 8.19. The van der Waals surface area contributed by atoms with E-state index in [0.29, 0.717) is 5.02 Å². The molecule has 2 aromatic carbocycles. The minimum absolute atomic E-state index is 0.345. The number of benzene rings is 2. The van der Waals surface area contributed by atoms with Crippen molar-refractivity contribution in [1.82, 2.24) is 0 Å². The van der Waals surface area contributed by atoms with Gasteiger partial charge in [0.05, 0.1) is 11.2 Å². The summed E-state index contributed by atoms with van der Waals surface area (Å²) in [5.41, 5.74) is 2.38. The third kappa shape index (κ3) is 2.69. The second-order valence-corrected chi connectivity index (χ2v) is 7.10. The average molecular weight is 315 g/mol. The Bertz CT molecular complexity index is 667. The van der Waals surface area contributed by atoms with Crippen molar-refractivity contribution >= 4 is 24.2 Å². The lowest BCUT2D eigenvalue weighted by Gasteiger charge is -2.32. The summed E-state index contributed by atoms with van der Waals surface area (Å²) >= 11 is 6.47. The predicted molar refractivity (Wildman–Crippen MR) is 92.6 cm³/mol. The van der Waals surface area contributed by atoms with Crippen LogP contribution in [0.25, 0.3) is 11.1 Å². The highest BCUT2D eigenvalue weighted by Crippen LogP contribution is 2.37. The summed E-state index contributed by atoms with van der Waals surface area (Å²) in [5.74, 6) is 0. The third-order valence-corrected chi connectivity index (χ3v) is 4.92. The molecule has 0 aromatic heterocycles. The first-order valence-electron chi connectivity index (χ1n) is 7.51. The van der Waals surface area contributed by atoms with Crippen LogP contribution in [0.4, 0.5) is 0 Å². The zero-order valence-corrected chi connectivity index (χ0v) is 14.1. The SMILES string of the molecule is CC1(C)OB(c2ccc(-c3ccccc3)c(Cl)c2)OC1(C)C. The number of rotatable bonds is 2. The van der Waals surface area contributed by atoms with Gasteiger partial charge in [0.15, 0.2) is 0 Å². The van der Waals surface area contributed by atoms with Gasteiger partial charge in [-0.25, -0.2) is 0 Å². The molecular formula is C18H20BClO2. The maximum atomic E-state index is 6.47. The molecule has 0 spiro atoms. The van der Waals surface area contributed by atoms with Crippen LogP contribution in [0.15, 0.2) is 48.5 Å². The van der Waals surface area contributed by atoms with Crippen LogP contribution < -0.4 is 5.46 Å². The van der Waals surface area contributed by atoms with Gasteiger partial charge in [-0.1, -0.05) is 54.1 Å². The standard InChI is InChI=1S/C18H20BClO2/c1-17(2)18(3,4)22-19(21-17)14-10-11-15(16(20)12-14)13-8-6-5-7-9-13/h5-12H,1-4H3. The molecule has 0 saturated carbocycles. The van der Waals surface area contributed by atoms with Crippen LogP contribution >= 0.6 is 11.6 Å². The molecule has 0 atom stereocenters. The fraction of sp³-hybridized carbons (Fsp3) is 0.333. The molecule has 1 heterocycles. The molecule has 0 N–H and O–H groups in total. The summed E-state index contributed by atoms with van der Waals surface area (Å²) in [6, 6.07) is 16.1. The Morgan fingerprint density at radius 2 is 1.45 bits per heavy atom. The van der Waals surface area contributed by atoms with E-state index < -0.39 is 0 Å². The molecule has 1 aliphatic heterocycles. The predicted octanol–water partition coefficient (Wildman–Crippen LogP) is 4.31. The largest absolute Gasteiger partial charge is 0.494 e. The molecule has 1 aliphatic rings. The molecule has 3 rings (SSSR count). The second kappa shape index (κ2) is 5.41. The molecule has 2 nitrogen and oxygen atoms in total. The van der Waals surface area contributed by atoms with Gasteiger partial charge in [0, 0.05) is 10.6 Å². The highest BCUT2D eigenvalue weighted by Gasteiger charge is 2.51. The van der Waals surface area contributed by atoms with Gasteiger partial charge in [0.25, 0.3) is 0 Å². The fourth-order valence-corrected chi connectivity index (χ4v) is 2.81.